The number of hydrogen-bond acceptors (Lipinski definition) is 6. The standard InChI is InChI=1S/C16H13F3N6O/c1-10-6-14(26)25(9-16(17,18)19)24-15(10)11-2-4-12(5-3-11)22-23-13(7-20)8-21/h2-5,10,22H,6,9H2,1H3. The van der Waals surface area contributed by atoms with Gasteiger partial charge in [-0.2, -0.15) is 33.9 Å². The minimum atomic E-state index is -4.53. The number of alkyl halides is 3. The van der Waals surface area contributed by atoms with Gasteiger partial charge in [0.15, 0.2) is 0 Å². The van der Waals surface area contributed by atoms with Gasteiger partial charge in [-0.3, -0.25) is 10.2 Å². The molecule has 1 heterocycles. The van der Waals surface area contributed by atoms with Gasteiger partial charge in [-0.05, 0) is 17.7 Å². The third-order valence-corrected chi connectivity index (χ3v) is 3.48. The van der Waals surface area contributed by atoms with Gasteiger partial charge in [-0.25, -0.2) is 5.01 Å². The van der Waals surface area contributed by atoms with E-state index in [1.807, 2.05) is 0 Å². The molecule has 1 unspecified atom stereocenters. The number of nitrogens with zero attached hydrogens (tertiary/aromatic N) is 5. The molecule has 134 valence electrons. The van der Waals surface area contributed by atoms with Crippen LogP contribution in [0.25, 0.3) is 0 Å². The molecule has 26 heavy (non-hydrogen) atoms. The van der Waals surface area contributed by atoms with Crippen molar-refractivity contribution in [2.24, 2.45) is 16.1 Å². The van der Waals surface area contributed by atoms with Crippen molar-refractivity contribution in [1.82, 2.24) is 5.01 Å². The molecular weight excluding hydrogens is 349 g/mol. The van der Waals surface area contributed by atoms with E-state index in [1.165, 1.54) is 0 Å². The van der Waals surface area contributed by atoms with Gasteiger partial charge in [0.05, 0.1) is 11.4 Å². The van der Waals surface area contributed by atoms with Crippen molar-refractivity contribution in [3.05, 3.63) is 29.8 Å². The number of amides is 1. The van der Waals surface area contributed by atoms with Gasteiger partial charge in [0.1, 0.15) is 18.7 Å². The van der Waals surface area contributed by atoms with Crippen LogP contribution < -0.4 is 5.43 Å². The van der Waals surface area contributed by atoms with Crippen molar-refractivity contribution in [2.45, 2.75) is 19.5 Å². The number of halogens is 3. The van der Waals surface area contributed by atoms with Crippen LogP contribution in [0.4, 0.5) is 18.9 Å². The van der Waals surface area contributed by atoms with Crippen LogP contribution in [0.2, 0.25) is 0 Å². The topological polar surface area (TPSA) is 105 Å². The highest BCUT2D eigenvalue weighted by molar-refractivity contribution is 6.10. The maximum Gasteiger partial charge on any atom is 0.408 e. The fourth-order valence-corrected chi connectivity index (χ4v) is 2.29. The largest absolute Gasteiger partial charge is 0.408 e. The number of anilines is 1. The van der Waals surface area contributed by atoms with Gasteiger partial charge < -0.3 is 0 Å². The zero-order valence-corrected chi connectivity index (χ0v) is 13.6. The average molecular weight is 362 g/mol. The Kier molecular flexibility index (Phi) is 5.58. The Morgan fingerprint density at radius 2 is 1.96 bits per heavy atom. The molecule has 0 spiro atoms. The minimum absolute atomic E-state index is 0.0626. The molecule has 0 aromatic heterocycles. The summed E-state index contributed by atoms with van der Waals surface area (Å²) in [6, 6.07) is 9.55. The number of benzene rings is 1. The Morgan fingerprint density at radius 3 is 2.50 bits per heavy atom. The van der Waals surface area contributed by atoms with Crippen molar-refractivity contribution in [3.63, 3.8) is 0 Å². The summed E-state index contributed by atoms with van der Waals surface area (Å²) in [5, 5.41) is 25.1. The summed E-state index contributed by atoms with van der Waals surface area (Å²) in [4.78, 5) is 11.8. The summed E-state index contributed by atoms with van der Waals surface area (Å²) >= 11 is 0. The number of carbonyl (C=O) groups excluding carboxylic acids is 1. The third kappa shape index (κ3) is 4.80. The first kappa shape index (κ1) is 18.9. The van der Waals surface area contributed by atoms with E-state index >= 15 is 0 Å². The predicted octanol–water partition coefficient (Wildman–Crippen LogP) is 2.64. The van der Waals surface area contributed by atoms with Gasteiger partial charge >= 0.3 is 6.18 Å². The lowest BCUT2D eigenvalue weighted by atomic mass is 9.93. The van der Waals surface area contributed by atoms with E-state index < -0.39 is 18.6 Å². The fourth-order valence-electron chi connectivity index (χ4n) is 2.29. The average Bonchev–Trinajstić information content (AvgIpc) is 2.58. The molecule has 0 saturated heterocycles. The highest BCUT2D eigenvalue weighted by Gasteiger charge is 2.36. The molecule has 1 aliphatic heterocycles. The minimum Gasteiger partial charge on any atom is -0.277 e. The van der Waals surface area contributed by atoms with E-state index in [0.29, 0.717) is 22.0 Å². The van der Waals surface area contributed by atoms with Crippen LogP contribution in [0, 0.1) is 28.6 Å². The molecule has 0 fully saturated rings. The Morgan fingerprint density at radius 1 is 1.35 bits per heavy atom. The quantitative estimate of drug-likeness (QED) is 0.656. The highest BCUT2D eigenvalue weighted by Crippen LogP contribution is 2.25. The van der Waals surface area contributed by atoms with Crippen molar-refractivity contribution >= 4 is 23.0 Å². The first-order valence-corrected chi connectivity index (χ1v) is 7.43. The molecule has 2 rings (SSSR count). The van der Waals surface area contributed by atoms with Crippen LogP contribution in [-0.2, 0) is 4.79 Å². The molecule has 1 amide bonds. The van der Waals surface area contributed by atoms with Crippen LogP contribution in [0.5, 0.6) is 0 Å². The summed E-state index contributed by atoms with van der Waals surface area (Å²) in [6.45, 7) is 0.283. The molecule has 0 saturated carbocycles. The van der Waals surface area contributed by atoms with Gasteiger partial charge in [0.25, 0.3) is 0 Å². The Hall–Kier alpha value is -3.40. The van der Waals surface area contributed by atoms with Gasteiger partial charge in [0.2, 0.25) is 11.6 Å². The van der Waals surface area contributed by atoms with Crippen LogP contribution in [0.3, 0.4) is 0 Å². The molecule has 1 aliphatic rings. The fraction of sp³-hybridized carbons (Fsp3) is 0.312. The lowest BCUT2D eigenvalue weighted by Gasteiger charge is -2.28. The molecule has 0 radical (unpaired) electrons. The smallest absolute Gasteiger partial charge is 0.277 e. The van der Waals surface area contributed by atoms with E-state index in [-0.39, 0.29) is 18.1 Å². The number of nitrogens with one attached hydrogen (secondary N) is 1. The SMILES string of the molecule is CC1CC(=O)N(CC(F)(F)F)N=C1c1ccc(NN=C(C#N)C#N)cc1. The van der Waals surface area contributed by atoms with Crippen LogP contribution in [0.1, 0.15) is 18.9 Å². The third-order valence-electron chi connectivity index (χ3n) is 3.48. The van der Waals surface area contributed by atoms with Crippen LogP contribution >= 0.6 is 0 Å². The Balaban J connectivity index is 2.22. The molecule has 1 atom stereocenters. The number of hydrazone groups is 2. The first-order chi connectivity index (χ1) is 12.2. The summed E-state index contributed by atoms with van der Waals surface area (Å²) in [7, 11) is 0. The van der Waals surface area contributed by atoms with Gasteiger partial charge in [0, 0.05) is 12.3 Å². The van der Waals surface area contributed by atoms with Gasteiger partial charge in [-0.15, -0.1) is 0 Å². The van der Waals surface area contributed by atoms with Crippen molar-refractivity contribution < 1.29 is 18.0 Å². The summed E-state index contributed by atoms with van der Waals surface area (Å²) in [6.07, 6.45) is -4.59. The maximum absolute atomic E-state index is 12.6. The summed E-state index contributed by atoms with van der Waals surface area (Å²) in [5.74, 6) is -1.00. The molecule has 0 aliphatic carbocycles. The predicted molar refractivity (Wildman–Crippen MR) is 86.8 cm³/mol. The first-order valence-electron chi connectivity index (χ1n) is 7.43. The maximum atomic E-state index is 12.6. The molecule has 7 nitrogen and oxygen atoms in total. The normalized spacial score (nSPS) is 17.0. The van der Waals surface area contributed by atoms with Crippen molar-refractivity contribution in [1.29, 1.82) is 10.5 Å². The monoisotopic (exact) mass is 362 g/mol. The molecule has 1 N–H and O–H groups in total. The van der Waals surface area contributed by atoms with E-state index in [2.05, 4.69) is 15.6 Å². The van der Waals surface area contributed by atoms with Gasteiger partial charge in [-0.1, -0.05) is 19.1 Å². The molecule has 1 aromatic carbocycles. The molecular formula is C16H13F3N6O. The molecule has 10 heteroatoms. The second-order valence-corrected chi connectivity index (χ2v) is 5.53. The number of carbonyl (C=O) groups is 1. The zero-order chi connectivity index (χ0) is 19.3. The molecule has 0 bridgehead atoms. The highest BCUT2D eigenvalue weighted by atomic mass is 19.4. The number of hydrogen-bond donors (Lipinski definition) is 1. The lowest BCUT2D eigenvalue weighted by Crippen LogP contribution is -2.41. The van der Waals surface area contributed by atoms with E-state index in [1.54, 1.807) is 43.3 Å². The van der Waals surface area contributed by atoms with E-state index in [9.17, 15) is 18.0 Å². The second-order valence-electron chi connectivity index (χ2n) is 5.53. The van der Waals surface area contributed by atoms with Crippen LogP contribution in [-0.4, -0.2) is 35.1 Å². The lowest BCUT2D eigenvalue weighted by molar-refractivity contribution is -0.162. The van der Waals surface area contributed by atoms with E-state index in [0.717, 1.165) is 0 Å². The van der Waals surface area contributed by atoms with E-state index in [4.69, 9.17) is 10.5 Å². The number of rotatable bonds is 4. The zero-order valence-electron chi connectivity index (χ0n) is 13.6. The molecule has 1 aromatic rings. The Labute approximate surface area is 147 Å². The number of nitriles is 2. The second kappa shape index (κ2) is 7.66. The van der Waals surface area contributed by atoms with Crippen LogP contribution in [0.15, 0.2) is 34.5 Å². The van der Waals surface area contributed by atoms with Crippen molar-refractivity contribution in [2.75, 3.05) is 12.0 Å². The summed E-state index contributed by atoms with van der Waals surface area (Å²) < 4.78 is 37.7. The van der Waals surface area contributed by atoms with Crippen molar-refractivity contribution in [3.8, 4) is 12.1 Å². The Bertz CT molecular complexity index is 814. The summed E-state index contributed by atoms with van der Waals surface area (Å²) in [5.41, 5.74) is 3.59.